The summed E-state index contributed by atoms with van der Waals surface area (Å²) < 4.78 is 11.8. The summed E-state index contributed by atoms with van der Waals surface area (Å²) in [5, 5.41) is 0. The van der Waals surface area contributed by atoms with Crippen molar-refractivity contribution in [1.82, 2.24) is 14.8 Å². The standard InChI is InChI=1S/C18H18ClN3O4S/c1-11-15(20-18(19)27-11)17(24)22-8-6-21(7-9-22)16(23)14-10-25-12-4-2-3-5-13(12)26-14/h2-5,14H,6-10H2,1H3/t14-/m0/s1. The van der Waals surface area contributed by atoms with Crippen molar-refractivity contribution in [3.63, 3.8) is 0 Å². The Kier molecular flexibility index (Phi) is 4.92. The van der Waals surface area contributed by atoms with Gasteiger partial charge in [0.15, 0.2) is 16.0 Å². The number of nitrogens with zero attached hydrogens (tertiary/aromatic N) is 3. The van der Waals surface area contributed by atoms with Gasteiger partial charge in [-0.25, -0.2) is 4.98 Å². The van der Waals surface area contributed by atoms with Crippen LogP contribution < -0.4 is 9.47 Å². The van der Waals surface area contributed by atoms with Crippen molar-refractivity contribution < 1.29 is 19.1 Å². The number of ether oxygens (including phenoxy) is 2. The molecule has 2 amide bonds. The lowest BCUT2D eigenvalue weighted by Gasteiger charge is -2.37. The van der Waals surface area contributed by atoms with Gasteiger partial charge >= 0.3 is 0 Å². The summed E-state index contributed by atoms with van der Waals surface area (Å²) in [7, 11) is 0. The fraction of sp³-hybridized carbons (Fsp3) is 0.389. The highest BCUT2D eigenvalue weighted by Gasteiger charge is 2.34. The molecule has 0 saturated carbocycles. The van der Waals surface area contributed by atoms with Gasteiger partial charge in [-0.2, -0.15) is 0 Å². The molecule has 3 heterocycles. The number of benzene rings is 1. The van der Waals surface area contributed by atoms with E-state index in [-0.39, 0.29) is 18.4 Å². The molecule has 1 aromatic heterocycles. The summed E-state index contributed by atoms with van der Waals surface area (Å²) in [5.74, 6) is 0.958. The molecule has 7 nitrogen and oxygen atoms in total. The molecule has 1 fully saturated rings. The quantitative estimate of drug-likeness (QED) is 0.763. The normalized spacial score (nSPS) is 19.1. The molecule has 1 atom stereocenters. The van der Waals surface area contributed by atoms with Gasteiger partial charge in [0.25, 0.3) is 11.8 Å². The van der Waals surface area contributed by atoms with Crippen LogP contribution in [-0.2, 0) is 4.79 Å². The predicted molar refractivity (Wildman–Crippen MR) is 101 cm³/mol. The maximum absolute atomic E-state index is 12.8. The first kappa shape index (κ1) is 18.1. The first-order valence-corrected chi connectivity index (χ1v) is 9.82. The maximum atomic E-state index is 12.8. The number of halogens is 1. The molecule has 2 aliphatic rings. The highest BCUT2D eigenvalue weighted by Crippen LogP contribution is 2.31. The largest absolute Gasteiger partial charge is 0.485 e. The van der Waals surface area contributed by atoms with E-state index in [0.717, 1.165) is 4.88 Å². The molecular weight excluding hydrogens is 390 g/mol. The second kappa shape index (κ2) is 7.36. The topological polar surface area (TPSA) is 72.0 Å². The Morgan fingerprint density at radius 1 is 1.15 bits per heavy atom. The van der Waals surface area contributed by atoms with E-state index in [1.807, 2.05) is 25.1 Å². The minimum absolute atomic E-state index is 0.121. The zero-order chi connectivity index (χ0) is 19.0. The molecule has 2 aliphatic heterocycles. The van der Waals surface area contributed by atoms with Gasteiger partial charge in [0.1, 0.15) is 12.3 Å². The minimum atomic E-state index is -0.665. The van der Waals surface area contributed by atoms with Gasteiger partial charge in [0, 0.05) is 31.1 Å². The van der Waals surface area contributed by atoms with Crippen LogP contribution in [0.25, 0.3) is 0 Å². The van der Waals surface area contributed by atoms with Crippen molar-refractivity contribution in [2.24, 2.45) is 0 Å². The van der Waals surface area contributed by atoms with Gasteiger partial charge in [-0.05, 0) is 19.1 Å². The van der Waals surface area contributed by atoms with E-state index in [9.17, 15) is 9.59 Å². The third-order valence-corrected chi connectivity index (χ3v) is 5.71. The van der Waals surface area contributed by atoms with Crippen molar-refractivity contribution in [1.29, 1.82) is 0 Å². The summed E-state index contributed by atoms with van der Waals surface area (Å²) >= 11 is 7.19. The molecule has 0 unspecified atom stereocenters. The van der Waals surface area contributed by atoms with Crippen molar-refractivity contribution >= 4 is 34.8 Å². The number of thiazole rings is 1. The van der Waals surface area contributed by atoms with Crippen LogP contribution in [0.3, 0.4) is 0 Å². The highest BCUT2D eigenvalue weighted by atomic mass is 35.5. The van der Waals surface area contributed by atoms with E-state index in [4.69, 9.17) is 21.1 Å². The van der Waals surface area contributed by atoms with Crippen LogP contribution >= 0.6 is 22.9 Å². The van der Waals surface area contributed by atoms with Gasteiger partial charge in [0.2, 0.25) is 6.10 Å². The number of aromatic nitrogens is 1. The van der Waals surface area contributed by atoms with Crippen LogP contribution in [0.4, 0.5) is 0 Å². The molecule has 0 bridgehead atoms. The second-order valence-corrected chi connectivity index (χ2v) is 8.14. The maximum Gasteiger partial charge on any atom is 0.273 e. The molecule has 0 radical (unpaired) electrons. The van der Waals surface area contributed by atoms with Crippen molar-refractivity contribution in [3.8, 4) is 11.5 Å². The molecule has 27 heavy (non-hydrogen) atoms. The molecular formula is C18H18ClN3O4S. The van der Waals surface area contributed by atoms with E-state index in [1.54, 1.807) is 15.9 Å². The lowest BCUT2D eigenvalue weighted by atomic mass is 10.2. The number of carbonyl (C=O) groups is 2. The summed E-state index contributed by atoms with van der Waals surface area (Å²) in [6.45, 7) is 3.80. The number of hydrogen-bond acceptors (Lipinski definition) is 6. The van der Waals surface area contributed by atoms with Crippen LogP contribution in [-0.4, -0.2) is 65.5 Å². The lowest BCUT2D eigenvalue weighted by molar-refractivity contribution is -0.142. The van der Waals surface area contributed by atoms with Crippen LogP contribution in [0.1, 0.15) is 15.4 Å². The Morgan fingerprint density at radius 2 is 1.81 bits per heavy atom. The zero-order valence-corrected chi connectivity index (χ0v) is 16.3. The molecule has 9 heteroatoms. The van der Waals surface area contributed by atoms with E-state index in [1.165, 1.54) is 11.3 Å². The average Bonchev–Trinajstić information content (AvgIpc) is 3.04. The van der Waals surface area contributed by atoms with Gasteiger partial charge in [-0.1, -0.05) is 23.7 Å². The van der Waals surface area contributed by atoms with Crippen LogP contribution in [0, 0.1) is 6.92 Å². The Morgan fingerprint density at radius 3 is 2.48 bits per heavy atom. The number of amides is 2. The molecule has 0 N–H and O–H groups in total. The Labute approximate surface area is 165 Å². The second-order valence-electron chi connectivity index (χ2n) is 6.35. The molecule has 4 rings (SSSR count). The van der Waals surface area contributed by atoms with Crippen molar-refractivity contribution in [2.45, 2.75) is 13.0 Å². The molecule has 0 spiro atoms. The van der Waals surface area contributed by atoms with Gasteiger partial charge < -0.3 is 19.3 Å². The Hall–Kier alpha value is -2.32. The number of piperazine rings is 1. The number of para-hydroxylation sites is 2. The highest BCUT2D eigenvalue weighted by molar-refractivity contribution is 7.15. The molecule has 1 saturated heterocycles. The Balaban J connectivity index is 1.36. The van der Waals surface area contributed by atoms with Crippen LogP contribution in [0.15, 0.2) is 24.3 Å². The summed E-state index contributed by atoms with van der Waals surface area (Å²) in [6.07, 6.45) is -0.665. The van der Waals surface area contributed by atoms with Crippen molar-refractivity contribution in [2.75, 3.05) is 32.8 Å². The third-order valence-electron chi connectivity index (χ3n) is 4.64. The number of rotatable bonds is 2. The molecule has 2 aromatic rings. The van der Waals surface area contributed by atoms with E-state index in [0.29, 0.717) is 47.8 Å². The fourth-order valence-electron chi connectivity index (χ4n) is 3.19. The van der Waals surface area contributed by atoms with Crippen molar-refractivity contribution in [3.05, 3.63) is 39.3 Å². The van der Waals surface area contributed by atoms with Gasteiger partial charge in [-0.3, -0.25) is 9.59 Å². The third kappa shape index (κ3) is 3.59. The summed E-state index contributed by atoms with van der Waals surface area (Å²) in [4.78, 5) is 33.7. The average molecular weight is 408 g/mol. The Bertz CT molecular complexity index is 879. The first-order valence-electron chi connectivity index (χ1n) is 8.62. The van der Waals surface area contributed by atoms with Crippen LogP contribution in [0.2, 0.25) is 4.47 Å². The number of hydrogen-bond donors (Lipinski definition) is 0. The zero-order valence-electron chi connectivity index (χ0n) is 14.7. The number of fused-ring (bicyclic) bond motifs is 1. The summed E-state index contributed by atoms with van der Waals surface area (Å²) in [5.41, 5.74) is 0.394. The fourth-order valence-corrected chi connectivity index (χ4v) is 4.24. The summed E-state index contributed by atoms with van der Waals surface area (Å²) in [6, 6.07) is 7.30. The first-order chi connectivity index (χ1) is 13.0. The molecule has 0 aliphatic carbocycles. The smallest absolute Gasteiger partial charge is 0.273 e. The molecule has 142 valence electrons. The van der Waals surface area contributed by atoms with E-state index in [2.05, 4.69) is 4.98 Å². The SMILES string of the molecule is Cc1sc(Cl)nc1C(=O)N1CCN(C(=O)[C@@H]2COc3ccccc3O2)CC1. The number of carbonyl (C=O) groups excluding carboxylic acids is 2. The lowest BCUT2D eigenvalue weighted by Crippen LogP contribution is -2.55. The monoisotopic (exact) mass is 407 g/mol. The van der Waals surface area contributed by atoms with E-state index < -0.39 is 6.10 Å². The van der Waals surface area contributed by atoms with E-state index >= 15 is 0 Å². The minimum Gasteiger partial charge on any atom is -0.485 e. The predicted octanol–water partition coefficient (Wildman–Crippen LogP) is 2.23. The number of aryl methyl sites for hydroxylation is 1. The molecule has 1 aromatic carbocycles. The van der Waals surface area contributed by atoms with Crippen LogP contribution in [0.5, 0.6) is 11.5 Å². The van der Waals surface area contributed by atoms with Gasteiger partial charge in [0.05, 0.1) is 0 Å². The van der Waals surface area contributed by atoms with Gasteiger partial charge in [-0.15, -0.1) is 11.3 Å².